The van der Waals surface area contributed by atoms with Gasteiger partial charge in [0.1, 0.15) is 6.61 Å². The van der Waals surface area contributed by atoms with Gasteiger partial charge in [0.25, 0.3) is 0 Å². The first-order chi connectivity index (χ1) is 12.9. The molecule has 0 radical (unpaired) electrons. The molecule has 0 bridgehead atoms. The number of amides is 1. The maximum absolute atomic E-state index is 12.5. The third-order valence-corrected chi connectivity index (χ3v) is 5.29. The fourth-order valence-corrected chi connectivity index (χ4v) is 3.81. The Labute approximate surface area is 154 Å². The minimum Gasteiger partial charge on any atom is -0.448 e. The zero-order chi connectivity index (χ0) is 19.2. The summed E-state index contributed by atoms with van der Waals surface area (Å²) in [5, 5.41) is 9.22. The minimum absolute atomic E-state index is 0.0980. The van der Waals surface area contributed by atoms with Crippen molar-refractivity contribution in [3.8, 4) is 11.1 Å². The van der Waals surface area contributed by atoms with E-state index in [1.54, 1.807) is 0 Å². The van der Waals surface area contributed by atoms with Crippen LogP contribution in [0.1, 0.15) is 17.0 Å². The van der Waals surface area contributed by atoms with Crippen LogP contribution in [0.25, 0.3) is 11.1 Å². The Kier molecular flexibility index (Phi) is 4.34. The van der Waals surface area contributed by atoms with E-state index in [0.717, 1.165) is 22.3 Å². The number of likely N-dealkylation sites (tertiary alicyclic amines) is 1. The average Bonchev–Trinajstić information content (AvgIpc) is 2.92. The number of aliphatic hydroxyl groups excluding tert-OH is 1. The van der Waals surface area contributed by atoms with Gasteiger partial charge in [0.15, 0.2) is 6.10 Å². The van der Waals surface area contributed by atoms with Crippen molar-refractivity contribution in [2.24, 2.45) is 5.92 Å². The number of hydrogen-bond donors (Lipinski definition) is 1. The molecule has 7 heteroatoms. The molecule has 27 heavy (non-hydrogen) atoms. The topological polar surface area (TPSA) is 49.8 Å². The van der Waals surface area contributed by atoms with Crippen molar-refractivity contribution in [1.29, 1.82) is 0 Å². The largest absolute Gasteiger partial charge is 0.448 e. The number of rotatable bonds is 3. The van der Waals surface area contributed by atoms with Crippen molar-refractivity contribution in [3.63, 3.8) is 0 Å². The molecule has 4 nitrogen and oxygen atoms in total. The highest BCUT2D eigenvalue weighted by molar-refractivity contribution is 5.79. The molecular weight excluding hydrogens is 359 g/mol. The zero-order valence-corrected chi connectivity index (χ0v) is 14.3. The molecule has 1 atom stereocenters. The molecule has 4 rings (SSSR count). The molecule has 2 aromatic rings. The second kappa shape index (κ2) is 6.56. The molecule has 1 aliphatic heterocycles. The van der Waals surface area contributed by atoms with Crippen molar-refractivity contribution in [2.45, 2.75) is 18.2 Å². The smallest absolute Gasteiger partial charge is 0.414 e. The summed E-state index contributed by atoms with van der Waals surface area (Å²) in [5.74, 6) is -1.09. The fourth-order valence-electron chi connectivity index (χ4n) is 3.81. The number of ether oxygens (including phenoxy) is 1. The van der Waals surface area contributed by atoms with Crippen LogP contribution >= 0.6 is 0 Å². The van der Waals surface area contributed by atoms with Gasteiger partial charge >= 0.3 is 12.3 Å². The predicted molar refractivity (Wildman–Crippen MR) is 92.2 cm³/mol. The summed E-state index contributed by atoms with van der Waals surface area (Å²) in [4.78, 5) is 13.4. The first kappa shape index (κ1) is 17.9. The Morgan fingerprint density at radius 3 is 2.11 bits per heavy atom. The SMILES string of the molecule is O=C(OCC1c2ccccc2-c2ccccc21)N1CC(C(O)C(F)(F)F)C1. The quantitative estimate of drug-likeness (QED) is 0.886. The highest BCUT2D eigenvalue weighted by atomic mass is 19.4. The number of hydrogen-bond acceptors (Lipinski definition) is 3. The van der Waals surface area contributed by atoms with E-state index in [0.29, 0.717) is 0 Å². The van der Waals surface area contributed by atoms with Crippen LogP contribution in [-0.4, -0.2) is 48.1 Å². The Morgan fingerprint density at radius 1 is 1.07 bits per heavy atom. The molecule has 1 fully saturated rings. The molecule has 1 aliphatic carbocycles. The third kappa shape index (κ3) is 3.16. The number of benzene rings is 2. The van der Waals surface area contributed by atoms with Gasteiger partial charge in [0.2, 0.25) is 0 Å². The molecule has 1 heterocycles. The van der Waals surface area contributed by atoms with Gasteiger partial charge in [-0.25, -0.2) is 4.79 Å². The van der Waals surface area contributed by atoms with E-state index >= 15 is 0 Å². The number of aliphatic hydroxyl groups is 1. The maximum Gasteiger partial charge on any atom is 0.414 e. The van der Waals surface area contributed by atoms with Crippen molar-refractivity contribution in [2.75, 3.05) is 19.7 Å². The Morgan fingerprint density at radius 2 is 1.59 bits per heavy atom. The van der Waals surface area contributed by atoms with Gasteiger partial charge in [-0.05, 0) is 22.3 Å². The normalized spacial score (nSPS) is 17.9. The van der Waals surface area contributed by atoms with Crippen LogP contribution in [0.4, 0.5) is 18.0 Å². The van der Waals surface area contributed by atoms with Crippen LogP contribution in [0.2, 0.25) is 0 Å². The molecule has 1 unspecified atom stereocenters. The Hall–Kier alpha value is -2.54. The van der Waals surface area contributed by atoms with E-state index in [2.05, 4.69) is 0 Å². The number of fused-ring (bicyclic) bond motifs is 3. The van der Waals surface area contributed by atoms with E-state index in [9.17, 15) is 23.1 Å². The summed E-state index contributed by atoms with van der Waals surface area (Å²) in [6.07, 6.45) is -7.73. The summed E-state index contributed by atoms with van der Waals surface area (Å²) in [6.45, 7) is -0.190. The zero-order valence-electron chi connectivity index (χ0n) is 14.3. The van der Waals surface area contributed by atoms with Gasteiger partial charge in [-0.2, -0.15) is 13.2 Å². The maximum atomic E-state index is 12.5. The van der Waals surface area contributed by atoms with Gasteiger partial charge in [-0.15, -0.1) is 0 Å². The standard InChI is InChI=1S/C20H18F3NO3/c21-20(22,23)18(25)12-9-24(10-12)19(26)27-11-17-15-7-3-1-5-13(15)14-6-2-4-8-16(14)17/h1-8,12,17-18,25H,9-11H2. The number of carbonyl (C=O) groups excluding carboxylic acids is 1. The molecular formula is C20H18F3NO3. The van der Waals surface area contributed by atoms with Gasteiger partial charge in [-0.3, -0.25) is 0 Å². The summed E-state index contributed by atoms with van der Waals surface area (Å²) in [6, 6.07) is 15.8. The highest BCUT2D eigenvalue weighted by Gasteiger charge is 2.49. The van der Waals surface area contributed by atoms with Crippen molar-refractivity contribution in [3.05, 3.63) is 59.7 Å². The van der Waals surface area contributed by atoms with Gasteiger partial charge in [0.05, 0.1) is 0 Å². The van der Waals surface area contributed by atoms with Gasteiger partial charge < -0.3 is 14.7 Å². The lowest BCUT2D eigenvalue weighted by molar-refractivity contribution is -0.230. The summed E-state index contributed by atoms with van der Waals surface area (Å²) >= 11 is 0. The van der Waals surface area contributed by atoms with E-state index < -0.39 is 24.3 Å². The molecule has 1 N–H and O–H groups in total. The second-order valence-electron chi connectivity index (χ2n) is 6.96. The molecule has 1 saturated heterocycles. The lowest BCUT2D eigenvalue weighted by Crippen LogP contribution is -2.57. The Bertz CT molecular complexity index is 816. The van der Waals surface area contributed by atoms with E-state index in [4.69, 9.17) is 4.74 Å². The monoisotopic (exact) mass is 377 g/mol. The van der Waals surface area contributed by atoms with Crippen molar-refractivity contribution < 1.29 is 27.8 Å². The lowest BCUT2D eigenvalue weighted by Gasteiger charge is -2.41. The second-order valence-corrected chi connectivity index (χ2v) is 6.96. The molecule has 0 spiro atoms. The molecule has 0 saturated carbocycles. The molecule has 1 amide bonds. The van der Waals surface area contributed by atoms with E-state index in [-0.39, 0.29) is 25.6 Å². The van der Waals surface area contributed by atoms with Crippen molar-refractivity contribution >= 4 is 6.09 Å². The van der Waals surface area contributed by atoms with Crippen LogP contribution in [-0.2, 0) is 4.74 Å². The number of nitrogens with zero attached hydrogens (tertiary/aromatic N) is 1. The number of halogens is 3. The predicted octanol–water partition coefficient (Wildman–Crippen LogP) is 3.79. The van der Waals surface area contributed by atoms with Gasteiger partial charge in [0, 0.05) is 24.9 Å². The van der Waals surface area contributed by atoms with Crippen LogP contribution in [0.15, 0.2) is 48.5 Å². The minimum atomic E-state index is -4.67. The molecule has 2 aromatic carbocycles. The lowest BCUT2D eigenvalue weighted by atomic mass is 9.94. The third-order valence-electron chi connectivity index (χ3n) is 5.29. The van der Waals surface area contributed by atoms with E-state index in [1.807, 2.05) is 48.5 Å². The first-order valence-electron chi connectivity index (χ1n) is 8.71. The van der Waals surface area contributed by atoms with Gasteiger partial charge in [-0.1, -0.05) is 48.5 Å². The highest BCUT2D eigenvalue weighted by Crippen LogP contribution is 2.44. The summed E-state index contributed by atoms with van der Waals surface area (Å²) in [7, 11) is 0. The molecule has 0 aromatic heterocycles. The van der Waals surface area contributed by atoms with Crippen molar-refractivity contribution in [1.82, 2.24) is 4.90 Å². The summed E-state index contributed by atoms with van der Waals surface area (Å²) in [5.41, 5.74) is 4.35. The fraction of sp³-hybridized carbons (Fsp3) is 0.350. The molecule has 142 valence electrons. The van der Waals surface area contributed by atoms with Crippen LogP contribution in [0.3, 0.4) is 0 Å². The van der Waals surface area contributed by atoms with E-state index in [1.165, 1.54) is 4.90 Å². The van der Waals surface area contributed by atoms with Crippen LogP contribution in [0.5, 0.6) is 0 Å². The van der Waals surface area contributed by atoms with Crippen LogP contribution < -0.4 is 0 Å². The number of carbonyl (C=O) groups is 1. The van der Waals surface area contributed by atoms with Crippen LogP contribution in [0, 0.1) is 5.92 Å². The Balaban J connectivity index is 1.39. The number of alkyl halides is 3. The molecule has 2 aliphatic rings. The summed E-state index contributed by atoms with van der Waals surface area (Å²) < 4.78 is 42.9. The average molecular weight is 377 g/mol. The first-order valence-corrected chi connectivity index (χ1v) is 8.71.